The Kier molecular flexibility index (Phi) is 31.1. The molecule has 0 bridgehead atoms. The van der Waals surface area contributed by atoms with Gasteiger partial charge in [0.15, 0.2) is 15.5 Å². The van der Waals surface area contributed by atoms with Gasteiger partial charge in [0.2, 0.25) is 17.7 Å². The van der Waals surface area contributed by atoms with Crippen LogP contribution in [0.5, 0.6) is 0 Å². The maximum atomic E-state index is 14.8. The van der Waals surface area contributed by atoms with E-state index in [0.29, 0.717) is 147 Å². The second-order valence-electron chi connectivity index (χ2n) is 33.4. The monoisotopic (exact) mass is 2060 g/mol. The van der Waals surface area contributed by atoms with Gasteiger partial charge >= 0.3 is 18.5 Å². The minimum Gasteiger partial charge on any atom is -0.336 e. The quantitative estimate of drug-likeness (QED) is 0.0202. The number of hydrogen-bond donors (Lipinski definition) is 0. The number of benzene rings is 9. The van der Waals surface area contributed by atoms with Gasteiger partial charge in [-0.2, -0.15) is 54.5 Å². The Hall–Kier alpha value is -11.9. The lowest BCUT2D eigenvalue weighted by molar-refractivity contribution is -0.138. The van der Waals surface area contributed by atoms with Crippen molar-refractivity contribution < 1.29 is 91.7 Å². The molecule has 3 aromatic heterocycles. The number of carbonyl (C=O) groups excluding carboxylic acids is 3. The zero-order chi connectivity index (χ0) is 119. The molecule has 0 N–H and O–H groups in total. The van der Waals surface area contributed by atoms with Crippen LogP contribution in [0, 0.1) is 17.5 Å². The van der Waals surface area contributed by atoms with Gasteiger partial charge in [-0.15, -0.1) is 0 Å². The van der Waals surface area contributed by atoms with Crippen molar-refractivity contribution in [2.24, 2.45) is 0 Å². The Morgan fingerprint density at radius 1 is 0.354 bits per heavy atom. The minimum atomic E-state index is -4.56. The van der Waals surface area contributed by atoms with Crippen LogP contribution in [0.2, 0.25) is 0 Å². The molecule has 0 aliphatic heterocycles. The smallest absolute Gasteiger partial charge is 0.336 e. The highest BCUT2D eigenvalue weighted by atomic mass is 32.2. The summed E-state index contributed by atoms with van der Waals surface area (Å²) in [5.74, 6) is -3.39. The number of amides is 3. The first-order valence-electron chi connectivity index (χ1n) is 55.2. The van der Waals surface area contributed by atoms with Crippen molar-refractivity contribution in [3.63, 3.8) is 0 Å². The van der Waals surface area contributed by atoms with E-state index >= 15 is 0 Å². The van der Waals surface area contributed by atoms with Gasteiger partial charge in [-0.05, 0) is 250 Å². The Morgan fingerprint density at radius 3 is 0.889 bits per heavy atom. The van der Waals surface area contributed by atoms with Gasteiger partial charge in [-0.25, -0.2) is 13.2 Å². The molecular formula is C111H122F12N12O6S3. The van der Waals surface area contributed by atoms with Crippen LogP contribution in [-0.2, 0) is 115 Å². The average Bonchev–Trinajstić information content (AvgIpc) is 0.846. The van der Waals surface area contributed by atoms with Gasteiger partial charge < -0.3 is 43.1 Å². The molecule has 3 amide bonds. The Morgan fingerprint density at radius 2 is 0.611 bits per heavy atom. The molecule has 0 saturated heterocycles. The van der Waals surface area contributed by atoms with Crippen molar-refractivity contribution in [3.05, 3.63) is 351 Å². The fourth-order valence-corrected chi connectivity index (χ4v) is 19.1. The van der Waals surface area contributed by atoms with Crippen molar-refractivity contribution in [2.45, 2.75) is 210 Å². The van der Waals surface area contributed by atoms with E-state index in [0.717, 1.165) is 96.7 Å². The third kappa shape index (κ3) is 29.3. The van der Waals surface area contributed by atoms with Crippen LogP contribution >= 0.6 is 35.3 Å². The molecule has 18 nitrogen and oxygen atoms in total. The minimum absolute atomic E-state index is 0. The van der Waals surface area contributed by atoms with Crippen molar-refractivity contribution in [1.82, 2.24) is 58.1 Å². The highest BCUT2D eigenvalue weighted by molar-refractivity contribution is 7.98. The first-order valence-corrected chi connectivity index (χ1v) is 49.1. The highest BCUT2D eigenvalue weighted by Crippen LogP contribution is 2.39. The van der Waals surface area contributed by atoms with E-state index in [1.165, 1.54) is 154 Å². The Balaban J connectivity index is 0.000000213. The van der Waals surface area contributed by atoms with E-state index in [-0.39, 0.29) is 88.1 Å². The topological polar surface area (TPSA) is 175 Å². The molecule has 0 fully saturated rings. The summed E-state index contributed by atoms with van der Waals surface area (Å²) in [6.45, 7) is -15.1. The second-order valence-corrected chi connectivity index (χ2v) is 36.3. The number of alkyl halides is 9. The zero-order valence-corrected chi connectivity index (χ0v) is 82.0. The van der Waals surface area contributed by atoms with Crippen molar-refractivity contribution in [2.75, 3.05) is 78.2 Å². The fraction of sp³-hybridized carbons (Fsp3) is 0.378. The highest BCUT2D eigenvalue weighted by Gasteiger charge is 2.36. The number of nitrogens with zero attached hydrogens (tertiary/aromatic N) is 12. The van der Waals surface area contributed by atoms with Crippen LogP contribution < -0.4 is 16.7 Å². The number of fused-ring (bicyclic) bond motifs is 3. The summed E-state index contributed by atoms with van der Waals surface area (Å²) in [6.07, 6.45) is -9.15. The van der Waals surface area contributed by atoms with Crippen molar-refractivity contribution in [3.8, 4) is 33.4 Å². The van der Waals surface area contributed by atoms with E-state index in [2.05, 4.69) is 15.0 Å². The molecule has 2 unspecified atom stereocenters. The number of rotatable bonds is 39. The molecule has 0 spiro atoms. The molecule has 3 heterocycles. The first-order chi connectivity index (χ1) is 75.0. The molecule has 3 aliphatic carbocycles. The van der Waals surface area contributed by atoms with Gasteiger partial charge in [0.1, 0.15) is 37.1 Å². The molecule has 0 saturated carbocycles. The molecule has 3 aliphatic rings. The van der Waals surface area contributed by atoms with E-state index < -0.39 is 171 Å². The van der Waals surface area contributed by atoms with Crippen molar-refractivity contribution in [1.29, 1.82) is 0 Å². The van der Waals surface area contributed by atoms with E-state index in [1.807, 2.05) is 0 Å². The third-order valence-electron chi connectivity index (χ3n) is 24.2. The predicted molar refractivity (Wildman–Crippen MR) is 546 cm³/mol. The van der Waals surface area contributed by atoms with Crippen LogP contribution in [-0.4, -0.2) is 154 Å². The van der Waals surface area contributed by atoms with Gasteiger partial charge in [0, 0.05) is 110 Å². The van der Waals surface area contributed by atoms with Crippen LogP contribution in [0.25, 0.3) is 33.4 Å². The molecule has 764 valence electrons. The predicted octanol–water partition coefficient (Wildman–Crippen LogP) is 23.4. The molecule has 9 aromatic carbocycles. The van der Waals surface area contributed by atoms with Crippen LogP contribution in [0.15, 0.2) is 248 Å². The number of aromatic nitrogens is 6. The summed E-state index contributed by atoms with van der Waals surface area (Å²) >= 11 is 3.38. The maximum absolute atomic E-state index is 14.8. The molecule has 0 radical (unpaired) electrons. The summed E-state index contributed by atoms with van der Waals surface area (Å²) in [5.41, 5.74) is 4.58. The van der Waals surface area contributed by atoms with E-state index in [1.54, 1.807) is 97.5 Å². The SMILES string of the molecule is C.[2H]C(C)(c1ccc(-c2ccc(C(F)(F)F)cc2)cc1)N(C(=O)Cn1c(SCc2ccc(F)cc2)nc(=O)c2c1CCC2)C([2H])([2H])C([2H])([2H])N(CC)CC.[2H]C([2H])(C)N(C([2H])([2H])C)C([2H])([2H])C([2H])([2H])N(C(=O)Cn1c(SCc2ccc(F)cc2)nc(=O)c2c1CCC2)C([2H])(C)c1ccc(-c2ccc(C(F)(F)F)cc2)cc1.[2H]C([2H])(N(CC)CC)C([2H])([2H])N(Cc1ccc(-c2ccc(C(F)(F)F)cc2)cc1)C(=O)Cn1c(SCc2ccc(F)cc2)nc(=O)c2c1CCC2. The summed E-state index contributed by atoms with van der Waals surface area (Å²) in [5, 5.41) is 0.463. The summed E-state index contributed by atoms with van der Waals surface area (Å²) in [4.78, 5) is 100. The zero-order valence-electron chi connectivity index (χ0n) is 97.5. The number of carbonyl (C=O) groups is 3. The molecule has 2 atom stereocenters. The Labute approximate surface area is 871 Å². The standard InChI is InChI=1S/2C37H40F4N4O2S.C36H38F4N4O2S.CH4/c2*1-4-43(5-2)21-22-44(25(3)27-11-13-28(14-12-27)29-15-17-30(18-16-29)37(39,40)41)34(46)23-45-33-8-6-7-32(33)35(47)42-36(45)48-24-26-9-19-31(38)20-10-26;1-3-42(4-2)20-21-43(22-25-8-12-27(13-9-25)28-14-16-29(17-15-28)36(38,39)40)33(45)23-44-32-7-5-6-31(32)34(46)41-35(44)47-24-26-10-18-30(37)19-11-26;/h2*9-20,25H,4-8,21-24H2,1-3H3;8-19H,3-7,20-24H2,1-2H3;1H4/i4D2,5D2,21D2,22D2,25D;21D2,22D2,25D;20D2,21D2;. The van der Waals surface area contributed by atoms with Gasteiger partial charge in [0.05, 0.1) is 39.7 Å². The van der Waals surface area contributed by atoms with E-state index in [9.17, 15) is 89.7 Å². The average molecular weight is 2060 g/mol. The molecule has 33 heteroatoms. The Bertz CT molecular complexity index is 7420. The number of hydrogen-bond acceptors (Lipinski definition) is 15. The number of thioether (sulfide) groups is 3. The fourth-order valence-electron chi connectivity index (χ4n) is 16.2. The molecule has 144 heavy (non-hydrogen) atoms. The molecule has 12 aromatic rings. The maximum Gasteiger partial charge on any atom is 0.416 e. The van der Waals surface area contributed by atoms with Gasteiger partial charge in [0.25, 0.3) is 16.7 Å². The lowest BCUT2D eigenvalue weighted by atomic mass is 9.99. The summed E-state index contributed by atoms with van der Waals surface area (Å²) < 4.78 is 325. The molecule has 15 rings (SSSR count). The number of likely N-dealkylation sites (N-methyl/N-ethyl adjacent to an activating group) is 3. The lowest BCUT2D eigenvalue weighted by Gasteiger charge is -2.33. The van der Waals surface area contributed by atoms with Gasteiger partial charge in [-0.3, -0.25) is 28.8 Å². The normalized spacial score (nSPS) is 16.3. The van der Waals surface area contributed by atoms with E-state index in [4.69, 9.17) is 16.4 Å². The summed E-state index contributed by atoms with van der Waals surface area (Å²) in [6, 6.07) is 44.0. The summed E-state index contributed by atoms with van der Waals surface area (Å²) in [7, 11) is 0. The van der Waals surface area contributed by atoms with Crippen LogP contribution in [0.1, 0.15) is 203 Å². The number of halogens is 12. The lowest BCUT2D eigenvalue weighted by Crippen LogP contribution is -2.42. The third-order valence-corrected chi connectivity index (χ3v) is 27.4. The van der Waals surface area contributed by atoms with Crippen LogP contribution in [0.3, 0.4) is 0 Å². The largest absolute Gasteiger partial charge is 0.416 e. The second kappa shape index (κ2) is 51.3. The first kappa shape index (κ1) is 87.5. The van der Waals surface area contributed by atoms with Crippen LogP contribution in [0.4, 0.5) is 52.7 Å². The molecular weight excluding hydrogens is 1920 g/mol. The van der Waals surface area contributed by atoms with Gasteiger partial charge in [-0.1, -0.05) is 230 Å². The van der Waals surface area contributed by atoms with Crippen molar-refractivity contribution >= 4 is 53.0 Å².